The minimum atomic E-state index is -3.36. The van der Waals surface area contributed by atoms with Crippen LogP contribution in [0.3, 0.4) is 0 Å². The molecule has 1 aromatic heterocycles. The van der Waals surface area contributed by atoms with Crippen LogP contribution < -0.4 is 5.32 Å². The Balaban J connectivity index is 2.18. The van der Waals surface area contributed by atoms with Gasteiger partial charge in [0.25, 0.3) is 0 Å². The molecule has 1 atom stereocenters. The average Bonchev–Trinajstić information content (AvgIpc) is 2.70. The monoisotopic (exact) mass is 261 g/mol. The first-order valence-corrected chi connectivity index (χ1v) is 7.06. The second-order valence-electron chi connectivity index (χ2n) is 3.74. The third-order valence-corrected chi connectivity index (χ3v) is 4.39. The second kappa shape index (κ2) is 4.65. The molecule has 0 spiro atoms. The van der Waals surface area contributed by atoms with E-state index in [1.807, 2.05) is 0 Å². The Bertz CT molecular complexity index is 471. The van der Waals surface area contributed by atoms with Gasteiger partial charge < -0.3 is 5.32 Å². The Labute approximate surface area is 99.2 Å². The van der Waals surface area contributed by atoms with Gasteiger partial charge in [-0.05, 0) is 37.1 Å². The molecule has 7 heteroatoms. The molecule has 88 valence electrons. The van der Waals surface area contributed by atoms with Crippen molar-refractivity contribution in [2.24, 2.45) is 0 Å². The maximum absolute atomic E-state index is 12.0. The van der Waals surface area contributed by atoms with E-state index in [2.05, 4.69) is 15.3 Å². The van der Waals surface area contributed by atoms with Crippen molar-refractivity contribution in [3.63, 3.8) is 0 Å². The third-order valence-electron chi connectivity index (χ3n) is 2.50. The molecule has 1 saturated heterocycles. The van der Waals surface area contributed by atoms with Crippen molar-refractivity contribution >= 4 is 21.4 Å². The summed E-state index contributed by atoms with van der Waals surface area (Å²) in [5.74, 6) is 0.0698. The molecule has 5 nitrogen and oxygen atoms in total. The predicted molar refractivity (Wildman–Crippen MR) is 60.1 cm³/mol. The topological polar surface area (TPSA) is 72.0 Å². The van der Waals surface area contributed by atoms with E-state index in [0.717, 1.165) is 19.4 Å². The van der Waals surface area contributed by atoms with Crippen LogP contribution in [-0.4, -0.2) is 36.7 Å². The molecule has 1 aliphatic rings. The average molecular weight is 262 g/mol. The van der Waals surface area contributed by atoms with Crippen molar-refractivity contribution in [3.8, 4) is 0 Å². The fourth-order valence-corrected chi connectivity index (χ4v) is 3.42. The van der Waals surface area contributed by atoms with Crippen LogP contribution in [0.2, 0.25) is 5.28 Å². The number of nitrogens with zero attached hydrogens (tertiary/aromatic N) is 2. The van der Waals surface area contributed by atoms with E-state index in [9.17, 15) is 8.42 Å². The van der Waals surface area contributed by atoms with Gasteiger partial charge >= 0.3 is 0 Å². The Hall–Kier alpha value is -0.720. The van der Waals surface area contributed by atoms with Gasteiger partial charge in [-0.1, -0.05) is 0 Å². The lowest BCUT2D eigenvalue weighted by Gasteiger charge is -2.09. The smallest absolute Gasteiger partial charge is 0.223 e. The van der Waals surface area contributed by atoms with Crippen LogP contribution >= 0.6 is 11.6 Å². The van der Waals surface area contributed by atoms with Crippen LogP contribution in [0.5, 0.6) is 0 Å². The highest BCUT2D eigenvalue weighted by molar-refractivity contribution is 7.91. The standard InChI is InChI=1S/C9H12ClN3O2S/c10-9-12-5-3-8(13-9)16(14,15)6-7-2-1-4-11-7/h3,5,7,11H,1-2,4,6H2/t7-/m1/s1. The van der Waals surface area contributed by atoms with E-state index >= 15 is 0 Å². The van der Waals surface area contributed by atoms with E-state index < -0.39 is 9.84 Å². The fourth-order valence-electron chi connectivity index (χ4n) is 1.74. The summed E-state index contributed by atoms with van der Waals surface area (Å²) in [4.78, 5) is 7.38. The third kappa shape index (κ3) is 2.69. The van der Waals surface area contributed by atoms with Gasteiger partial charge in [-0.3, -0.25) is 0 Å². The molecule has 2 heterocycles. The van der Waals surface area contributed by atoms with Gasteiger partial charge in [0.1, 0.15) is 0 Å². The van der Waals surface area contributed by atoms with E-state index in [0.29, 0.717) is 0 Å². The lowest BCUT2D eigenvalue weighted by Crippen LogP contribution is -2.30. The van der Waals surface area contributed by atoms with Gasteiger partial charge in [0.2, 0.25) is 5.28 Å². The molecular weight excluding hydrogens is 250 g/mol. The first-order valence-electron chi connectivity index (χ1n) is 5.02. The molecule has 0 unspecified atom stereocenters. The van der Waals surface area contributed by atoms with E-state index in [1.165, 1.54) is 12.3 Å². The number of nitrogens with one attached hydrogen (secondary N) is 1. The number of aromatic nitrogens is 2. The predicted octanol–water partition coefficient (Wildman–Crippen LogP) is 0.656. The van der Waals surface area contributed by atoms with Crippen LogP contribution in [0.1, 0.15) is 12.8 Å². The van der Waals surface area contributed by atoms with E-state index in [-0.39, 0.29) is 22.1 Å². The van der Waals surface area contributed by atoms with E-state index in [4.69, 9.17) is 11.6 Å². The zero-order valence-corrected chi connectivity index (χ0v) is 10.1. The van der Waals surface area contributed by atoms with Crippen molar-refractivity contribution in [3.05, 3.63) is 17.5 Å². The molecule has 16 heavy (non-hydrogen) atoms. The zero-order chi connectivity index (χ0) is 11.6. The summed E-state index contributed by atoms with van der Waals surface area (Å²) < 4.78 is 23.9. The number of hydrogen-bond acceptors (Lipinski definition) is 5. The van der Waals surface area contributed by atoms with Crippen molar-refractivity contribution < 1.29 is 8.42 Å². The number of sulfone groups is 1. The maximum Gasteiger partial charge on any atom is 0.223 e. The van der Waals surface area contributed by atoms with Gasteiger partial charge in [0.15, 0.2) is 14.9 Å². The summed E-state index contributed by atoms with van der Waals surface area (Å²) in [5, 5.41) is 3.10. The molecule has 0 bridgehead atoms. The van der Waals surface area contributed by atoms with Gasteiger partial charge in [-0.25, -0.2) is 18.4 Å². The Kier molecular flexibility index (Phi) is 3.41. The quantitative estimate of drug-likeness (QED) is 0.639. The molecule has 0 saturated carbocycles. The highest BCUT2D eigenvalue weighted by atomic mass is 35.5. The first-order chi connectivity index (χ1) is 7.58. The van der Waals surface area contributed by atoms with Gasteiger partial charge in [-0.15, -0.1) is 0 Å². The molecule has 0 amide bonds. The van der Waals surface area contributed by atoms with Crippen molar-refractivity contribution in [2.45, 2.75) is 23.9 Å². The van der Waals surface area contributed by atoms with Crippen molar-refractivity contribution in [1.82, 2.24) is 15.3 Å². The summed E-state index contributed by atoms with van der Waals surface area (Å²) in [5.41, 5.74) is 0. The number of rotatable bonds is 3. The largest absolute Gasteiger partial charge is 0.313 e. The Morgan fingerprint density at radius 3 is 3.00 bits per heavy atom. The van der Waals surface area contributed by atoms with Gasteiger partial charge in [-0.2, -0.15) is 0 Å². The molecule has 0 aliphatic carbocycles. The Morgan fingerprint density at radius 2 is 2.38 bits per heavy atom. The lowest BCUT2D eigenvalue weighted by atomic mass is 10.3. The molecular formula is C9H12ClN3O2S. The molecule has 1 aliphatic heterocycles. The van der Waals surface area contributed by atoms with Gasteiger partial charge in [0, 0.05) is 12.2 Å². The second-order valence-corrected chi connectivity index (χ2v) is 6.06. The summed E-state index contributed by atoms with van der Waals surface area (Å²) in [6.45, 7) is 0.880. The maximum atomic E-state index is 12.0. The summed E-state index contributed by atoms with van der Waals surface area (Å²) in [7, 11) is -3.36. The molecule has 1 N–H and O–H groups in total. The fraction of sp³-hybridized carbons (Fsp3) is 0.556. The summed E-state index contributed by atoms with van der Waals surface area (Å²) >= 11 is 5.57. The Morgan fingerprint density at radius 1 is 1.56 bits per heavy atom. The number of hydrogen-bond donors (Lipinski definition) is 1. The highest BCUT2D eigenvalue weighted by Crippen LogP contribution is 2.14. The van der Waals surface area contributed by atoms with Crippen LogP contribution in [0, 0.1) is 0 Å². The molecule has 0 aromatic carbocycles. The van der Waals surface area contributed by atoms with Crippen LogP contribution in [0.4, 0.5) is 0 Å². The van der Waals surface area contributed by atoms with Crippen LogP contribution in [0.25, 0.3) is 0 Å². The normalized spacial score (nSPS) is 21.2. The minimum Gasteiger partial charge on any atom is -0.313 e. The van der Waals surface area contributed by atoms with Crippen LogP contribution in [-0.2, 0) is 9.84 Å². The first kappa shape index (κ1) is 11.8. The molecule has 2 rings (SSSR count). The summed E-state index contributed by atoms with van der Waals surface area (Å²) in [6.07, 6.45) is 3.26. The molecule has 1 aromatic rings. The minimum absolute atomic E-state index is 0.00111. The van der Waals surface area contributed by atoms with Crippen LogP contribution in [0.15, 0.2) is 17.3 Å². The molecule has 1 fully saturated rings. The van der Waals surface area contributed by atoms with Crippen molar-refractivity contribution in [1.29, 1.82) is 0 Å². The zero-order valence-electron chi connectivity index (χ0n) is 8.56. The number of halogens is 1. The van der Waals surface area contributed by atoms with Crippen molar-refractivity contribution in [2.75, 3.05) is 12.3 Å². The molecule has 0 radical (unpaired) electrons. The van der Waals surface area contributed by atoms with Gasteiger partial charge in [0.05, 0.1) is 5.75 Å². The lowest BCUT2D eigenvalue weighted by molar-refractivity contribution is 0.573. The summed E-state index contributed by atoms with van der Waals surface area (Å²) in [6, 6.07) is 1.40. The highest BCUT2D eigenvalue weighted by Gasteiger charge is 2.24. The van der Waals surface area contributed by atoms with E-state index in [1.54, 1.807) is 0 Å². The SMILES string of the molecule is O=S(=O)(C[C@H]1CCCN1)c1ccnc(Cl)n1.